The van der Waals surface area contributed by atoms with Gasteiger partial charge < -0.3 is 16.0 Å². The molecule has 10 nitrogen and oxygen atoms in total. The van der Waals surface area contributed by atoms with Gasteiger partial charge in [-0.05, 0) is 51.0 Å². The Bertz CT molecular complexity index is 1700. The predicted molar refractivity (Wildman–Crippen MR) is 159 cm³/mol. The minimum Gasteiger partial charge on any atom is -0.382 e. The van der Waals surface area contributed by atoms with Crippen LogP contribution in [0.3, 0.4) is 0 Å². The van der Waals surface area contributed by atoms with Crippen LogP contribution in [0.15, 0.2) is 55.0 Å². The highest BCUT2D eigenvalue weighted by molar-refractivity contribution is 6.04. The fourth-order valence-electron chi connectivity index (χ4n) is 5.96. The maximum absolute atomic E-state index is 13.3. The van der Waals surface area contributed by atoms with E-state index in [0.717, 1.165) is 56.6 Å². The predicted octanol–water partition coefficient (Wildman–Crippen LogP) is 4.69. The van der Waals surface area contributed by atoms with Crippen LogP contribution in [0.1, 0.15) is 54.4 Å². The number of benzene rings is 1. The Morgan fingerprint density at radius 1 is 1.05 bits per heavy atom. The summed E-state index contributed by atoms with van der Waals surface area (Å²) in [6.45, 7) is 7.16. The number of carbonyl (C=O) groups excluding carboxylic acids is 2. The fraction of sp³-hybridized carbons (Fsp3) is 0.387. The van der Waals surface area contributed by atoms with Gasteiger partial charge in [-0.15, -0.1) is 0 Å². The van der Waals surface area contributed by atoms with E-state index in [4.69, 9.17) is 10.7 Å². The molecule has 0 aliphatic carbocycles. The highest BCUT2D eigenvalue weighted by Gasteiger charge is 2.38. The number of hydrogen-bond acceptors (Lipinski definition) is 7. The molecule has 0 bridgehead atoms. The molecule has 0 saturated carbocycles. The second-order valence-electron chi connectivity index (χ2n) is 11.7. The maximum Gasteiger partial charge on any atom is 0.416 e. The first-order valence-electron chi connectivity index (χ1n) is 14.6. The number of amides is 2. The topological polar surface area (TPSA) is 122 Å². The number of nitrogen functional groups attached to an aromatic ring is 1. The fourth-order valence-corrected chi connectivity index (χ4v) is 5.96. The van der Waals surface area contributed by atoms with Crippen LogP contribution in [0.2, 0.25) is 0 Å². The molecule has 0 radical (unpaired) electrons. The SMILES string of the molecule is CC(C)N1CC(C(=O)N2CCC[C@@H](c3nc(-c4ccc(C(=O)Nc5cc(C(F)(F)F)ccn5)cc4)c4c(N)nccn34)C2)C1. The number of piperidine rings is 1. The highest BCUT2D eigenvalue weighted by Crippen LogP contribution is 2.35. The second-order valence-corrected chi connectivity index (χ2v) is 11.7. The van der Waals surface area contributed by atoms with Crippen LogP contribution in [0.25, 0.3) is 16.8 Å². The zero-order valence-electron chi connectivity index (χ0n) is 24.4. The summed E-state index contributed by atoms with van der Waals surface area (Å²) in [7, 11) is 0. The Labute approximate surface area is 252 Å². The molecule has 44 heavy (non-hydrogen) atoms. The number of anilines is 2. The van der Waals surface area contributed by atoms with Crippen molar-refractivity contribution >= 4 is 29.0 Å². The number of likely N-dealkylation sites (tertiary alicyclic amines) is 2. The van der Waals surface area contributed by atoms with E-state index in [1.807, 2.05) is 15.5 Å². The Hall–Kier alpha value is -4.52. The van der Waals surface area contributed by atoms with Crippen LogP contribution in [0, 0.1) is 5.92 Å². The summed E-state index contributed by atoms with van der Waals surface area (Å²) >= 11 is 0. The van der Waals surface area contributed by atoms with E-state index in [1.165, 1.54) is 0 Å². The first-order chi connectivity index (χ1) is 21.0. The van der Waals surface area contributed by atoms with Crippen LogP contribution in [0.4, 0.5) is 24.8 Å². The molecule has 2 fully saturated rings. The van der Waals surface area contributed by atoms with Gasteiger partial charge in [-0.1, -0.05) is 12.1 Å². The number of imidazole rings is 1. The zero-order valence-corrected chi connectivity index (χ0v) is 24.4. The van der Waals surface area contributed by atoms with Crippen LogP contribution < -0.4 is 11.1 Å². The summed E-state index contributed by atoms with van der Waals surface area (Å²) in [4.78, 5) is 43.5. The standard InChI is InChI=1S/C31H33F3N8O2/c1-18(2)41-16-22(17-41)30(44)40-12-3-4-21(15-40)28-39-25(26-27(35)37-11-13-42(26)28)19-5-7-20(8-6-19)29(43)38-24-14-23(9-10-36-24)31(32,33)34/h5-11,13-14,18,21-22H,3-4,12,15-17H2,1-2H3,(H2,35,37)(H,36,38,43)/t21-/m1/s1. The number of rotatable bonds is 6. The molecule has 0 spiro atoms. The van der Waals surface area contributed by atoms with Gasteiger partial charge in [-0.2, -0.15) is 13.2 Å². The van der Waals surface area contributed by atoms with E-state index in [9.17, 15) is 22.8 Å². The summed E-state index contributed by atoms with van der Waals surface area (Å²) in [5.41, 5.74) is 7.56. The van der Waals surface area contributed by atoms with Crippen LogP contribution in [-0.2, 0) is 11.0 Å². The van der Waals surface area contributed by atoms with Crippen molar-refractivity contribution in [3.05, 3.63) is 71.9 Å². The molecule has 5 heterocycles. The second kappa shape index (κ2) is 11.5. The van der Waals surface area contributed by atoms with E-state index < -0.39 is 17.6 Å². The Balaban J connectivity index is 1.22. The van der Waals surface area contributed by atoms with Gasteiger partial charge in [0.15, 0.2) is 0 Å². The molecule has 4 aromatic rings. The lowest BCUT2D eigenvalue weighted by atomic mass is 9.92. The van der Waals surface area contributed by atoms with Gasteiger partial charge >= 0.3 is 6.18 Å². The summed E-state index contributed by atoms with van der Waals surface area (Å²) in [5, 5.41) is 2.42. The molecule has 1 atom stereocenters. The van der Waals surface area contributed by atoms with Gasteiger partial charge in [0.25, 0.3) is 5.91 Å². The first kappa shape index (κ1) is 29.5. The van der Waals surface area contributed by atoms with Crippen LogP contribution >= 0.6 is 0 Å². The molecule has 13 heteroatoms. The molecule has 2 aliphatic rings. The van der Waals surface area contributed by atoms with Crippen molar-refractivity contribution in [2.24, 2.45) is 5.92 Å². The maximum atomic E-state index is 13.3. The summed E-state index contributed by atoms with van der Waals surface area (Å²) in [6.07, 6.45) is 1.62. The highest BCUT2D eigenvalue weighted by atomic mass is 19.4. The molecule has 230 valence electrons. The Morgan fingerprint density at radius 2 is 1.80 bits per heavy atom. The number of carbonyl (C=O) groups is 2. The van der Waals surface area contributed by atoms with Crippen molar-refractivity contribution in [1.82, 2.24) is 29.2 Å². The molecule has 2 amide bonds. The number of alkyl halides is 3. The number of hydrogen-bond donors (Lipinski definition) is 2. The normalized spacial score (nSPS) is 18.0. The Morgan fingerprint density at radius 3 is 2.50 bits per heavy atom. The van der Waals surface area contributed by atoms with Gasteiger partial charge in [0, 0.05) is 67.9 Å². The van der Waals surface area contributed by atoms with E-state index >= 15 is 0 Å². The summed E-state index contributed by atoms with van der Waals surface area (Å²) < 4.78 is 41.1. The quantitative estimate of drug-likeness (QED) is 0.327. The van der Waals surface area contributed by atoms with Gasteiger partial charge in [-0.3, -0.25) is 18.9 Å². The smallest absolute Gasteiger partial charge is 0.382 e. The minimum atomic E-state index is -4.55. The third kappa shape index (κ3) is 5.71. The number of nitrogens with one attached hydrogen (secondary N) is 1. The van der Waals surface area contributed by atoms with E-state index in [2.05, 4.69) is 34.0 Å². The molecule has 0 unspecified atom stereocenters. The third-order valence-electron chi connectivity index (χ3n) is 8.45. The molecule has 6 rings (SSSR count). The number of nitrogens with zero attached hydrogens (tertiary/aromatic N) is 6. The van der Waals surface area contributed by atoms with E-state index in [-0.39, 0.29) is 29.1 Å². The lowest BCUT2D eigenvalue weighted by Gasteiger charge is -2.44. The summed E-state index contributed by atoms with van der Waals surface area (Å²) in [5.74, 6) is 0.512. The van der Waals surface area contributed by atoms with Gasteiger partial charge in [0.2, 0.25) is 5.91 Å². The molecule has 3 N–H and O–H groups in total. The number of halogens is 3. The van der Waals surface area contributed by atoms with E-state index in [1.54, 1.807) is 30.5 Å². The van der Waals surface area contributed by atoms with Crippen molar-refractivity contribution < 1.29 is 22.8 Å². The van der Waals surface area contributed by atoms with Crippen molar-refractivity contribution in [2.75, 3.05) is 37.2 Å². The van der Waals surface area contributed by atoms with Gasteiger partial charge in [0.1, 0.15) is 28.7 Å². The molecule has 3 aromatic heterocycles. The zero-order chi connectivity index (χ0) is 31.2. The largest absolute Gasteiger partial charge is 0.416 e. The first-order valence-corrected chi connectivity index (χ1v) is 14.6. The molecular formula is C31H33F3N8O2. The average molecular weight is 607 g/mol. The Kier molecular flexibility index (Phi) is 7.74. The molecule has 2 aliphatic heterocycles. The van der Waals surface area contributed by atoms with Crippen molar-refractivity contribution in [2.45, 2.75) is 44.8 Å². The monoisotopic (exact) mass is 606 g/mol. The number of fused-ring (bicyclic) bond motifs is 1. The lowest BCUT2D eigenvalue weighted by molar-refractivity contribution is -0.143. The van der Waals surface area contributed by atoms with Crippen molar-refractivity contribution in [3.8, 4) is 11.3 Å². The molecule has 2 saturated heterocycles. The van der Waals surface area contributed by atoms with Crippen LogP contribution in [0.5, 0.6) is 0 Å². The van der Waals surface area contributed by atoms with Crippen LogP contribution in [-0.4, -0.2) is 73.2 Å². The van der Waals surface area contributed by atoms with Gasteiger partial charge in [0.05, 0.1) is 11.5 Å². The number of aromatic nitrogens is 4. The average Bonchev–Trinajstić information content (AvgIpc) is 3.37. The number of pyridine rings is 1. The minimum absolute atomic E-state index is 0.00189. The summed E-state index contributed by atoms with van der Waals surface area (Å²) in [6, 6.07) is 8.60. The number of nitrogens with two attached hydrogens (primary N) is 1. The van der Waals surface area contributed by atoms with Gasteiger partial charge in [-0.25, -0.2) is 15.0 Å². The molecule has 1 aromatic carbocycles. The van der Waals surface area contributed by atoms with Crippen molar-refractivity contribution in [1.29, 1.82) is 0 Å². The lowest BCUT2D eigenvalue weighted by Crippen LogP contribution is -2.57. The van der Waals surface area contributed by atoms with Crippen molar-refractivity contribution in [3.63, 3.8) is 0 Å². The molecular weight excluding hydrogens is 573 g/mol. The third-order valence-corrected chi connectivity index (χ3v) is 8.45. The van der Waals surface area contributed by atoms with E-state index in [0.29, 0.717) is 35.2 Å².